The molecule has 16 heavy (non-hydrogen) atoms. The number of nitrogens with one attached hydrogen (secondary N) is 1. The predicted molar refractivity (Wildman–Crippen MR) is 66.0 cm³/mol. The molecule has 0 aliphatic heterocycles. The molecule has 1 N–H and O–H groups in total. The highest BCUT2D eigenvalue weighted by molar-refractivity contribution is 7.84. The second kappa shape index (κ2) is 7.35. The van der Waals surface area contributed by atoms with Gasteiger partial charge in [0.05, 0.1) is 12.8 Å². The molecule has 4 nitrogen and oxygen atoms in total. The van der Waals surface area contributed by atoms with Crippen LogP contribution in [-0.4, -0.2) is 34.4 Å². The Balaban J connectivity index is 2.28. The van der Waals surface area contributed by atoms with E-state index in [0.29, 0.717) is 18.2 Å². The predicted octanol–water partition coefficient (Wildman–Crippen LogP) is 0.948. The van der Waals surface area contributed by atoms with Crippen LogP contribution < -0.4 is 10.1 Å². The number of pyridine rings is 1. The van der Waals surface area contributed by atoms with Gasteiger partial charge in [0.25, 0.3) is 0 Å². The Bertz CT molecular complexity index is 345. The van der Waals surface area contributed by atoms with Gasteiger partial charge in [-0.2, -0.15) is 0 Å². The van der Waals surface area contributed by atoms with Crippen molar-refractivity contribution >= 4 is 10.8 Å². The molecule has 0 aliphatic rings. The molecular formula is C11H18N2O2S. The molecule has 1 unspecified atom stereocenters. The van der Waals surface area contributed by atoms with Crippen LogP contribution in [-0.2, 0) is 17.3 Å². The molecule has 1 heterocycles. The highest BCUT2D eigenvalue weighted by Gasteiger charge is 1.98. The van der Waals surface area contributed by atoms with E-state index < -0.39 is 10.8 Å². The van der Waals surface area contributed by atoms with Crippen LogP contribution >= 0.6 is 0 Å². The van der Waals surface area contributed by atoms with E-state index in [1.54, 1.807) is 7.11 Å². The van der Waals surface area contributed by atoms with E-state index in [-0.39, 0.29) is 0 Å². The van der Waals surface area contributed by atoms with Crippen molar-refractivity contribution in [1.82, 2.24) is 10.3 Å². The monoisotopic (exact) mass is 242 g/mol. The Hall–Kier alpha value is -0.940. The van der Waals surface area contributed by atoms with E-state index in [9.17, 15) is 4.21 Å². The lowest BCUT2D eigenvalue weighted by atomic mass is 10.3. The molecular weight excluding hydrogens is 224 g/mol. The Morgan fingerprint density at radius 2 is 2.31 bits per heavy atom. The number of methoxy groups -OCH3 is 1. The molecule has 90 valence electrons. The van der Waals surface area contributed by atoms with Gasteiger partial charge in [0.2, 0.25) is 5.88 Å². The standard InChI is InChI=1S/C11H18N2O2S/c1-3-16(14)8-7-12-9-10-5-4-6-11(13-10)15-2/h4-6,12H,3,7-9H2,1-2H3. The van der Waals surface area contributed by atoms with E-state index in [0.717, 1.165) is 18.0 Å². The Kier molecular flexibility index (Phi) is 6.03. The fourth-order valence-corrected chi connectivity index (χ4v) is 1.88. The van der Waals surface area contributed by atoms with E-state index >= 15 is 0 Å². The van der Waals surface area contributed by atoms with Crippen molar-refractivity contribution in [3.05, 3.63) is 23.9 Å². The Labute approximate surface area is 98.9 Å². The average molecular weight is 242 g/mol. The quantitative estimate of drug-likeness (QED) is 0.723. The lowest BCUT2D eigenvalue weighted by molar-refractivity contribution is 0.395. The summed E-state index contributed by atoms with van der Waals surface area (Å²) < 4.78 is 16.2. The maximum absolute atomic E-state index is 11.2. The number of ether oxygens (including phenoxy) is 1. The number of rotatable bonds is 7. The molecule has 1 aromatic heterocycles. The summed E-state index contributed by atoms with van der Waals surface area (Å²) in [5, 5.41) is 3.21. The first-order chi connectivity index (χ1) is 7.76. The van der Waals surface area contributed by atoms with Gasteiger partial charge >= 0.3 is 0 Å². The molecule has 0 spiro atoms. The molecule has 0 amide bonds. The molecule has 0 saturated heterocycles. The minimum Gasteiger partial charge on any atom is -0.481 e. The first kappa shape index (κ1) is 13.1. The fraction of sp³-hybridized carbons (Fsp3) is 0.545. The van der Waals surface area contributed by atoms with E-state index in [2.05, 4.69) is 10.3 Å². The minimum atomic E-state index is -0.698. The largest absolute Gasteiger partial charge is 0.481 e. The van der Waals surface area contributed by atoms with E-state index in [4.69, 9.17) is 4.74 Å². The normalized spacial score (nSPS) is 12.4. The molecule has 0 saturated carbocycles. The molecule has 1 aromatic rings. The van der Waals surface area contributed by atoms with Gasteiger partial charge in [-0.05, 0) is 6.07 Å². The summed E-state index contributed by atoms with van der Waals surface area (Å²) in [5.41, 5.74) is 0.932. The van der Waals surface area contributed by atoms with Crippen LogP contribution in [0.4, 0.5) is 0 Å². The topological polar surface area (TPSA) is 51.2 Å². The van der Waals surface area contributed by atoms with Gasteiger partial charge < -0.3 is 10.1 Å². The molecule has 1 rings (SSSR count). The SMILES string of the molecule is CCS(=O)CCNCc1cccc(OC)n1. The van der Waals surface area contributed by atoms with Crippen molar-refractivity contribution in [2.24, 2.45) is 0 Å². The second-order valence-corrected chi connectivity index (χ2v) is 5.15. The number of aromatic nitrogens is 1. The maximum atomic E-state index is 11.2. The molecule has 0 bridgehead atoms. The van der Waals surface area contributed by atoms with Crippen LogP contribution in [0.3, 0.4) is 0 Å². The average Bonchev–Trinajstić information content (AvgIpc) is 2.34. The third kappa shape index (κ3) is 4.72. The Morgan fingerprint density at radius 3 is 3.00 bits per heavy atom. The van der Waals surface area contributed by atoms with Crippen molar-refractivity contribution < 1.29 is 8.95 Å². The lowest BCUT2D eigenvalue weighted by Gasteiger charge is -2.05. The minimum absolute atomic E-state index is 0.622. The highest BCUT2D eigenvalue weighted by atomic mass is 32.2. The number of nitrogens with zero attached hydrogens (tertiary/aromatic N) is 1. The maximum Gasteiger partial charge on any atom is 0.213 e. The third-order valence-electron chi connectivity index (χ3n) is 2.12. The van der Waals surface area contributed by atoms with Gasteiger partial charge in [0.1, 0.15) is 0 Å². The van der Waals surface area contributed by atoms with Crippen LogP contribution in [0.2, 0.25) is 0 Å². The zero-order chi connectivity index (χ0) is 11.8. The van der Waals surface area contributed by atoms with Crippen LogP contribution in [0.1, 0.15) is 12.6 Å². The van der Waals surface area contributed by atoms with Gasteiger partial charge in [-0.15, -0.1) is 0 Å². The Morgan fingerprint density at radius 1 is 1.50 bits per heavy atom. The summed E-state index contributed by atoms with van der Waals surface area (Å²) in [5.74, 6) is 2.04. The fourth-order valence-electron chi connectivity index (χ4n) is 1.22. The summed E-state index contributed by atoms with van der Waals surface area (Å²) in [6, 6.07) is 5.66. The molecule has 5 heteroatoms. The number of hydrogen-bond donors (Lipinski definition) is 1. The third-order valence-corrected chi connectivity index (χ3v) is 3.43. The van der Waals surface area contributed by atoms with Crippen LogP contribution in [0, 0.1) is 0 Å². The lowest BCUT2D eigenvalue weighted by Crippen LogP contribution is -2.21. The van der Waals surface area contributed by atoms with E-state index in [1.807, 2.05) is 25.1 Å². The van der Waals surface area contributed by atoms with Crippen LogP contribution in [0.25, 0.3) is 0 Å². The van der Waals surface area contributed by atoms with Gasteiger partial charge in [0, 0.05) is 41.5 Å². The van der Waals surface area contributed by atoms with Crippen LogP contribution in [0.15, 0.2) is 18.2 Å². The van der Waals surface area contributed by atoms with Crippen LogP contribution in [0.5, 0.6) is 5.88 Å². The first-order valence-corrected chi connectivity index (χ1v) is 6.80. The zero-order valence-corrected chi connectivity index (χ0v) is 10.5. The summed E-state index contributed by atoms with van der Waals surface area (Å²) in [7, 11) is 0.903. The number of hydrogen-bond acceptors (Lipinski definition) is 4. The molecule has 0 aromatic carbocycles. The summed E-state index contributed by atoms with van der Waals surface area (Å²) >= 11 is 0. The van der Waals surface area contributed by atoms with Gasteiger partial charge in [-0.3, -0.25) is 4.21 Å². The van der Waals surface area contributed by atoms with Gasteiger partial charge in [0.15, 0.2) is 0 Å². The van der Waals surface area contributed by atoms with Gasteiger partial charge in [-0.25, -0.2) is 4.98 Å². The van der Waals surface area contributed by atoms with Gasteiger partial charge in [-0.1, -0.05) is 13.0 Å². The van der Waals surface area contributed by atoms with Crippen molar-refractivity contribution in [2.45, 2.75) is 13.5 Å². The van der Waals surface area contributed by atoms with Crippen molar-refractivity contribution in [1.29, 1.82) is 0 Å². The molecule has 1 atom stereocenters. The smallest absolute Gasteiger partial charge is 0.213 e. The summed E-state index contributed by atoms with van der Waals surface area (Å²) in [6.07, 6.45) is 0. The molecule has 0 aliphatic carbocycles. The zero-order valence-electron chi connectivity index (χ0n) is 9.73. The first-order valence-electron chi connectivity index (χ1n) is 5.32. The van der Waals surface area contributed by atoms with E-state index in [1.165, 1.54) is 0 Å². The second-order valence-electron chi connectivity index (χ2n) is 3.28. The summed E-state index contributed by atoms with van der Waals surface area (Å²) in [4.78, 5) is 4.27. The van der Waals surface area contributed by atoms with Crippen molar-refractivity contribution in [3.63, 3.8) is 0 Å². The van der Waals surface area contributed by atoms with Crippen molar-refractivity contribution in [3.8, 4) is 5.88 Å². The summed E-state index contributed by atoms with van der Waals surface area (Å²) in [6.45, 7) is 3.36. The molecule has 0 radical (unpaired) electrons. The molecule has 0 fully saturated rings. The highest BCUT2D eigenvalue weighted by Crippen LogP contribution is 2.05. The van der Waals surface area contributed by atoms with Crippen molar-refractivity contribution in [2.75, 3.05) is 25.2 Å².